The molecule has 7 nitrogen and oxygen atoms in total. The number of thioether (sulfide) groups is 1. The first-order valence-electron chi connectivity index (χ1n) is 10.3. The van der Waals surface area contributed by atoms with Gasteiger partial charge in [-0.25, -0.2) is 4.99 Å². The van der Waals surface area contributed by atoms with Crippen molar-refractivity contribution in [3.63, 3.8) is 0 Å². The van der Waals surface area contributed by atoms with Gasteiger partial charge in [-0.1, -0.05) is 18.7 Å². The summed E-state index contributed by atoms with van der Waals surface area (Å²) in [5.41, 5.74) is 1.35. The van der Waals surface area contributed by atoms with Gasteiger partial charge in [0, 0.05) is 19.2 Å². The molecular weight excluding hydrogens is 414 g/mol. The summed E-state index contributed by atoms with van der Waals surface area (Å²) in [6, 6.07) is 14.5. The summed E-state index contributed by atoms with van der Waals surface area (Å²) in [6.45, 7) is 5.21. The van der Waals surface area contributed by atoms with Crippen molar-refractivity contribution in [1.29, 1.82) is 0 Å². The number of amides is 2. The maximum absolute atomic E-state index is 12.8. The molecule has 0 bridgehead atoms. The lowest BCUT2D eigenvalue weighted by atomic mass is 10.2. The molecule has 3 rings (SSSR count). The standard InChI is InChI=1S/C23H27N3O4S/c1-4-14-30-19-12-6-16(7-13-19)24-22(28)20-15-21(27)26(3)23(31-20)25-17-8-10-18(11-9-17)29-5-2/h6-13,20H,4-5,14-15H2,1-3H3,(H,24,28)/t20-/m0/s1. The molecule has 8 heteroatoms. The molecule has 1 aliphatic rings. The van der Waals surface area contributed by atoms with Crippen LogP contribution in [0.5, 0.6) is 11.5 Å². The Hall–Kier alpha value is -3.00. The number of hydrogen-bond donors (Lipinski definition) is 1. The van der Waals surface area contributed by atoms with Gasteiger partial charge in [0.25, 0.3) is 0 Å². The van der Waals surface area contributed by atoms with Gasteiger partial charge in [0.15, 0.2) is 5.17 Å². The van der Waals surface area contributed by atoms with E-state index in [-0.39, 0.29) is 18.2 Å². The van der Waals surface area contributed by atoms with E-state index in [0.29, 0.717) is 29.8 Å². The zero-order valence-corrected chi connectivity index (χ0v) is 18.8. The van der Waals surface area contributed by atoms with E-state index in [2.05, 4.69) is 10.3 Å². The molecule has 1 N–H and O–H groups in total. The van der Waals surface area contributed by atoms with Crippen LogP contribution in [0.25, 0.3) is 0 Å². The van der Waals surface area contributed by atoms with Gasteiger partial charge >= 0.3 is 0 Å². The van der Waals surface area contributed by atoms with Gasteiger partial charge in [0.1, 0.15) is 16.7 Å². The van der Waals surface area contributed by atoms with Crippen LogP contribution in [0.1, 0.15) is 26.7 Å². The molecule has 1 saturated heterocycles. The second-order valence-corrected chi connectivity index (χ2v) is 8.12. The molecule has 2 amide bonds. The van der Waals surface area contributed by atoms with Crippen molar-refractivity contribution in [3.05, 3.63) is 48.5 Å². The monoisotopic (exact) mass is 441 g/mol. The fourth-order valence-electron chi connectivity index (χ4n) is 2.87. The molecule has 0 spiro atoms. The minimum Gasteiger partial charge on any atom is -0.494 e. The van der Waals surface area contributed by atoms with E-state index in [9.17, 15) is 9.59 Å². The fraction of sp³-hybridized carbons (Fsp3) is 0.348. The average molecular weight is 442 g/mol. The Kier molecular flexibility index (Phi) is 7.94. The molecule has 2 aromatic carbocycles. The van der Waals surface area contributed by atoms with Crippen LogP contribution in [0.4, 0.5) is 11.4 Å². The Bertz CT molecular complexity index is 929. The summed E-state index contributed by atoms with van der Waals surface area (Å²) < 4.78 is 11.0. The van der Waals surface area contributed by atoms with Gasteiger partial charge in [-0.15, -0.1) is 0 Å². The van der Waals surface area contributed by atoms with Crippen LogP contribution in [0, 0.1) is 0 Å². The van der Waals surface area contributed by atoms with Crippen LogP contribution in [0.3, 0.4) is 0 Å². The lowest BCUT2D eigenvalue weighted by molar-refractivity contribution is -0.128. The van der Waals surface area contributed by atoms with Crippen molar-refractivity contribution >= 4 is 40.1 Å². The smallest absolute Gasteiger partial charge is 0.238 e. The molecule has 164 valence electrons. The number of carbonyl (C=O) groups is 2. The predicted molar refractivity (Wildman–Crippen MR) is 124 cm³/mol. The number of nitrogens with one attached hydrogen (secondary N) is 1. The highest BCUT2D eigenvalue weighted by molar-refractivity contribution is 8.15. The van der Waals surface area contributed by atoms with Crippen molar-refractivity contribution in [2.75, 3.05) is 25.6 Å². The molecule has 0 radical (unpaired) electrons. The van der Waals surface area contributed by atoms with Crippen molar-refractivity contribution in [3.8, 4) is 11.5 Å². The summed E-state index contributed by atoms with van der Waals surface area (Å²) in [5.74, 6) is 1.14. The third-order valence-electron chi connectivity index (χ3n) is 4.53. The molecule has 0 aromatic heterocycles. The quantitative estimate of drug-likeness (QED) is 0.654. The Morgan fingerprint density at radius 1 is 1.10 bits per heavy atom. The summed E-state index contributed by atoms with van der Waals surface area (Å²) in [4.78, 5) is 31.3. The molecular formula is C23H27N3O4S. The molecule has 0 saturated carbocycles. The first-order valence-corrected chi connectivity index (χ1v) is 11.2. The van der Waals surface area contributed by atoms with Crippen LogP contribution in [-0.2, 0) is 9.59 Å². The van der Waals surface area contributed by atoms with E-state index in [1.54, 1.807) is 19.2 Å². The largest absolute Gasteiger partial charge is 0.494 e. The van der Waals surface area contributed by atoms with Crippen molar-refractivity contribution in [2.45, 2.75) is 31.9 Å². The highest BCUT2D eigenvalue weighted by atomic mass is 32.2. The number of benzene rings is 2. The fourth-order valence-corrected chi connectivity index (χ4v) is 3.93. The van der Waals surface area contributed by atoms with Crippen molar-refractivity contribution in [2.24, 2.45) is 4.99 Å². The van der Waals surface area contributed by atoms with E-state index in [1.807, 2.05) is 50.2 Å². The molecule has 0 aliphatic carbocycles. The summed E-state index contributed by atoms with van der Waals surface area (Å²) in [7, 11) is 1.67. The Labute approximate surface area is 186 Å². The Balaban J connectivity index is 1.67. The van der Waals surface area contributed by atoms with Crippen molar-refractivity contribution < 1.29 is 19.1 Å². The summed E-state index contributed by atoms with van der Waals surface area (Å²) >= 11 is 1.28. The molecule has 1 aliphatic heterocycles. The summed E-state index contributed by atoms with van der Waals surface area (Å²) in [5, 5.41) is 2.81. The number of nitrogens with zero attached hydrogens (tertiary/aromatic N) is 2. The van der Waals surface area contributed by atoms with Gasteiger partial charge < -0.3 is 14.8 Å². The number of amidine groups is 1. The number of aliphatic imine (C=N–C) groups is 1. The normalized spacial score (nSPS) is 17.5. The van der Waals surface area contributed by atoms with E-state index >= 15 is 0 Å². The molecule has 1 fully saturated rings. The second-order valence-electron chi connectivity index (χ2n) is 6.95. The number of hydrogen-bond acceptors (Lipinski definition) is 6. The number of ether oxygens (including phenoxy) is 2. The highest BCUT2D eigenvalue weighted by Gasteiger charge is 2.34. The maximum atomic E-state index is 12.8. The van der Waals surface area contributed by atoms with Crippen LogP contribution < -0.4 is 14.8 Å². The topological polar surface area (TPSA) is 80.2 Å². The number of carbonyl (C=O) groups excluding carboxylic acids is 2. The molecule has 0 unspecified atom stereocenters. The third-order valence-corrected chi connectivity index (χ3v) is 5.77. The van der Waals surface area contributed by atoms with Crippen LogP contribution in [-0.4, -0.2) is 47.4 Å². The van der Waals surface area contributed by atoms with Gasteiger partial charge in [0.2, 0.25) is 11.8 Å². The lowest BCUT2D eigenvalue weighted by Crippen LogP contribution is -2.43. The third kappa shape index (κ3) is 6.24. The Morgan fingerprint density at radius 3 is 2.39 bits per heavy atom. The molecule has 1 heterocycles. The van der Waals surface area contributed by atoms with Crippen molar-refractivity contribution in [1.82, 2.24) is 4.90 Å². The highest BCUT2D eigenvalue weighted by Crippen LogP contribution is 2.29. The Morgan fingerprint density at radius 2 is 1.74 bits per heavy atom. The summed E-state index contributed by atoms with van der Waals surface area (Å²) in [6.07, 6.45) is 1.05. The van der Waals surface area contributed by atoms with E-state index in [4.69, 9.17) is 9.47 Å². The minimum absolute atomic E-state index is 0.118. The maximum Gasteiger partial charge on any atom is 0.238 e. The van der Waals surface area contributed by atoms with E-state index in [0.717, 1.165) is 17.9 Å². The zero-order valence-electron chi connectivity index (χ0n) is 18.0. The van der Waals surface area contributed by atoms with Gasteiger partial charge in [-0.2, -0.15) is 0 Å². The number of anilines is 1. The first-order chi connectivity index (χ1) is 15.0. The second kappa shape index (κ2) is 10.9. The van der Waals surface area contributed by atoms with E-state index < -0.39 is 5.25 Å². The van der Waals surface area contributed by atoms with Crippen LogP contribution >= 0.6 is 11.8 Å². The van der Waals surface area contributed by atoms with E-state index in [1.165, 1.54) is 16.7 Å². The lowest BCUT2D eigenvalue weighted by Gasteiger charge is -2.28. The minimum atomic E-state index is -0.554. The molecule has 31 heavy (non-hydrogen) atoms. The number of rotatable bonds is 8. The average Bonchev–Trinajstić information content (AvgIpc) is 2.77. The SMILES string of the molecule is CCCOc1ccc(NC(=O)[C@@H]2CC(=O)N(C)C(=Nc3ccc(OCC)cc3)S2)cc1. The van der Waals surface area contributed by atoms with Gasteiger partial charge in [-0.3, -0.25) is 14.5 Å². The molecule has 2 aromatic rings. The predicted octanol–water partition coefficient (Wildman–Crippen LogP) is 4.46. The first kappa shape index (κ1) is 22.7. The van der Waals surface area contributed by atoms with Gasteiger partial charge in [-0.05, 0) is 61.9 Å². The van der Waals surface area contributed by atoms with Gasteiger partial charge in [0.05, 0.1) is 18.9 Å². The van der Waals surface area contributed by atoms with Crippen LogP contribution in [0.15, 0.2) is 53.5 Å². The van der Waals surface area contributed by atoms with Crippen LogP contribution in [0.2, 0.25) is 0 Å². The molecule has 1 atom stereocenters. The zero-order chi connectivity index (χ0) is 22.2.